The van der Waals surface area contributed by atoms with Crippen molar-refractivity contribution in [2.75, 3.05) is 24.5 Å². The normalized spacial score (nSPS) is 23.8. The van der Waals surface area contributed by atoms with E-state index >= 15 is 0 Å². The van der Waals surface area contributed by atoms with Crippen molar-refractivity contribution in [3.63, 3.8) is 0 Å². The third kappa shape index (κ3) is 4.86. The van der Waals surface area contributed by atoms with E-state index in [-0.39, 0.29) is 41.4 Å². The summed E-state index contributed by atoms with van der Waals surface area (Å²) in [5, 5.41) is 3.11. The molecule has 1 aliphatic carbocycles. The van der Waals surface area contributed by atoms with Crippen molar-refractivity contribution in [2.24, 2.45) is 5.41 Å². The van der Waals surface area contributed by atoms with Crippen LogP contribution in [0.4, 0.5) is 18.9 Å². The van der Waals surface area contributed by atoms with E-state index in [0.717, 1.165) is 0 Å². The number of nitrogens with one attached hydrogen (secondary N) is 2. The van der Waals surface area contributed by atoms with Crippen LogP contribution in [0.5, 0.6) is 0 Å². The van der Waals surface area contributed by atoms with E-state index in [1.807, 2.05) is 0 Å². The smallest absolute Gasteiger partial charge is 0.345 e. The Morgan fingerprint density at radius 1 is 1.24 bits per heavy atom. The molecule has 1 aromatic carbocycles. The number of hydrogen-bond acceptors (Lipinski definition) is 5. The maximum atomic E-state index is 13.8. The topological polar surface area (TPSA) is 108 Å². The molecule has 0 radical (unpaired) electrons. The number of hydrogen-bond donors (Lipinski definition) is 2. The van der Waals surface area contributed by atoms with Gasteiger partial charge >= 0.3 is 6.61 Å². The zero-order chi connectivity index (χ0) is 27.2. The van der Waals surface area contributed by atoms with Gasteiger partial charge in [0.2, 0.25) is 5.91 Å². The van der Waals surface area contributed by atoms with Gasteiger partial charge in [0.25, 0.3) is 11.8 Å². The summed E-state index contributed by atoms with van der Waals surface area (Å²) < 4.78 is 42.9. The minimum absolute atomic E-state index is 0.00189. The standard InChI is InChI=1S/C25H27ClF3N5O4/c1-13-8-18(16(26)9-17(13)27)34-7-6-25(23(34)37)4-2-14(3-5-25)32-21(35)19-20(31-12-30-19)22(36)33-10-15(11-33)38-24(28)29/h8-9,12,14-15,24H,2-7,10-11H2,1H3,(H,30,31)(H,32,35)/t14-,25-. The number of rotatable bonds is 6. The second kappa shape index (κ2) is 10.2. The third-order valence-electron chi connectivity index (χ3n) is 7.81. The molecule has 3 fully saturated rings. The fourth-order valence-electron chi connectivity index (χ4n) is 5.55. The van der Waals surface area contributed by atoms with Gasteiger partial charge in [-0.2, -0.15) is 8.78 Å². The molecule has 3 amide bonds. The van der Waals surface area contributed by atoms with E-state index in [1.54, 1.807) is 17.9 Å². The number of alkyl halides is 2. The second-order valence-corrected chi connectivity index (χ2v) is 10.5. The number of aromatic nitrogens is 2. The summed E-state index contributed by atoms with van der Waals surface area (Å²) in [4.78, 5) is 48.7. The zero-order valence-corrected chi connectivity index (χ0v) is 21.4. The lowest BCUT2D eigenvalue weighted by Crippen LogP contribution is -2.55. The van der Waals surface area contributed by atoms with Gasteiger partial charge in [0, 0.05) is 25.7 Å². The molecule has 9 nitrogen and oxygen atoms in total. The number of H-pyrrole nitrogens is 1. The van der Waals surface area contributed by atoms with Crippen molar-refractivity contribution in [3.8, 4) is 0 Å². The molecule has 0 unspecified atom stereocenters. The highest BCUT2D eigenvalue weighted by Crippen LogP contribution is 2.47. The Hall–Kier alpha value is -3.12. The summed E-state index contributed by atoms with van der Waals surface area (Å²) >= 11 is 6.25. The van der Waals surface area contributed by atoms with Gasteiger partial charge in [-0.3, -0.25) is 14.4 Å². The first-order valence-corrected chi connectivity index (χ1v) is 12.8. The SMILES string of the molecule is Cc1cc(N2CC[C@]3(CC[C@@H](NC(=O)c4[nH]cnc4C(=O)N4CC(OC(F)F)C4)CC3)C2=O)c(Cl)cc1F. The number of nitrogens with zero attached hydrogens (tertiary/aromatic N) is 3. The largest absolute Gasteiger partial charge is 0.348 e. The van der Waals surface area contributed by atoms with Gasteiger partial charge in [-0.15, -0.1) is 0 Å². The molecule has 13 heteroatoms. The van der Waals surface area contributed by atoms with Crippen LogP contribution in [0.15, 0.2) is 18.5 Å². The summed E-state index contributed by atoms with van der Waals surface area (Å²) in [7, 11) is 0. The molecule has 2 saturated heterocycles. The number of carbonyl (C=O) groups is 3. The van der Waals surface area contributed by atoms with Crippen molar-refractivity contribution in [3.05, 3.63) is 46.3 Å². The van der Waals surface area contributed by atoms with E-state index in [4.69, 9.17) is 11.6 Å². The fraction of sp³-hybridized carbons (Fsp3) is 0.520. The van der Waals surface area contributed by atoms with E-state index in [2.05, 4.69) is 20.0 Å². The molecule has 2 aliphatic heterocycles. The highest BCUT2D eigenvalue weighted by molar-refractivity contribution is 6.34. The van der Waals surface area contributed by atoms with Crippen LogP contribution >= 0.6 is 11.6 Å². The molecule has 38 heavy (non-hydrogen) atoms. The van der Waals surface area contributed by atoms with Crippen LogP contribution in [-0.2, 0) is 9.53 Å². The Labute approximate surface area is 221 Å². The molecule has 1 aromatic heterocycles. The summed E-state index contributed by atoms with van der Waals surface area (Å²) in [6, 6.07) is 2.62. The van der Waals surface area contributed by atoms with Gasteiger partial charge in [0.15, 0.2) is 5.69 Å². The molecule has 204 valence electrons. The molecule has 0 atom stereocenters. The number of likely N-dealkylation sites (tertiary alicyclic amines) is 1. The average molecular weight is 554 g/mol. The number of carbonyl (C=O) groups excluding carboxylic acids is 3. The first-order valence-electron chi connectivity index (χ1n) is 12.4. The van der Waals surface area contributed by atoms with Crippen LogP contribution in [0.1, 0.15) is 58.6 Å². The molecular formula is C25H27ClF3N5O4. The van der Waals surface area contributed by atoms with E-state index in [0.29, 0.717) is 49.9 Å². The summed E-state index contributed by atoms with van der Waals surface area (Å²) in [5.41, 5.74) is 0.276. The molecule has 3 aliphatic rings. The van der Waals surface area contributed by atoms with Crippen molar-refractivity contribution in [1.82, 2.24) is 20.2 Å². The number of aromatic amines is 1. The lowest BCUT2D eigenvalue weighted by molar-refractivity contribution is -0.189. The molecule has 2 N–H and O–H groups in total. The van der Waals surface area contributed by atoms with Crippen molar-refractivity contribution < 1.29 is 32.3 Å². The van der Waals surface area contributed by atoms with Crippen molar-refractivity contribution in [2.45, 2.75) is 57.8 Å². The number of halogens is 4. The minimum atomic E-state index is -2.91. The number of anilines is 1. The zero-order valence-electron chi connectivity index (χ0n) is 20.6. The second-order valence-electron chi connectivity index (χ2n) is 10.1. The Bertz CT molecular complexity index is 1260. The van der Waals surface area contributed by atoms with Gasteiger partial charge < -0.3 is 24.8 Å². The number of aryl methyl sites for hydroxylation is 1. The Kier molecular flexibility index (Phi) is 7.12. The number of benzene rings is 1. The number of imidazole rings is 1. The van der Waals surface area contributed by atoms with Crippen LogP contribution < -0.4 is 10.2 Å². The monoisotopic (exact) mass is 553 g/mol. The fourth-order valence-corrected chi connectivity index (χ4v) is 5.80. The Morgan fingerprint density at radius 2 is 1.95 bits per heavy atom. The lowest BCUT2D eigenvalue weighted by atomic mass is 9.71. The first-order chi connectivity index (χ1) is 18.1. The van der Waals surface area contributed by atoms with Gasteiger partial charge in [-0.25, -0.2) is 9.37 Å². The van der Waals surface area contributed by atoms with Crippen molar-refractivity contribution >= 4 is 35.0 Å². The maximum absolute atomic E-state index is 13.8. The quantitative estimate of drug-likeness (QED) is 0.567. The van der Waals surface area contributed by atoms with E-state index < -0.39 is 35.8 Å². The van der Waals surface area contributed by atoms with E-state index in [1.165, 1.54) is 17.3 Å². The molecule has 5 rings (SSSR count). The highest BCUT2D eigenvalue weighted by Gasteiger charge is 2.49. The van der Waals surface area contributed by atoms with Crippen LogP contribution in [0.3, 0.4) is 0 Å². The van der Waals surface area contributed by atoms with Crippen molar-refractivity contribution in [1.29, 1.82) is 0 Å². The number of ether oxygens (including phenoxy) is 1. The lowest BCUT2D eigenvalue weighted by Gasteiger charge is -2.38. The number of amides is 3. The highest BCUT2D eigenvalue weighted by atomic mass is 35.5. The van der Waals surface area contributed by atoms with E-state index in [9.17, 15) is 27.6 Å². The summed E-state index contributed by atoms with van der Waals surface area (Å²) in [5.74, 6) is -1.51. The Morgan fingerprint density at radius 3 is 2.63 bits per heavy atom. The predicted molar refractivity (Wildman–Crippen MR) is 131 cm³/mol. The molecule has 1 saturated carbocycles. The first kappa shape index (κ1) is 26.5. The molecule has 0 bridgehead atoms. The third-order valence-corrected chi connectivity index (χ3v) is 8.11. The summed E-state index contributed by atoms with van der Waals surface area (Å²) in [6.07, 6.45) is 3.40. The minimum Gasteiger partial charge on any atom is -0.348 e. The van der Waals surface area contributed by atoms with Gasteiger partial charge in [-0.05, 0) is 56.7 Å². The van der Waals surface area contributed by atoms with Crippen LogP contribution in [0.2, 0.25) is 5.02 Å². The predicted octanol–water partition coefficient (Wildman–Crippen LogP) is 3.67. The van der Waals surface area contributed by atoms with Crippen LogP contribution in [0, 0.1) is 18.2 Å². The van der Waals surface area contributed by atoms with Gasteiger partial charge in [0.05, 0.1) is 28.6 Å². The molecule has 3 heterocycles. The molecule has 2 aromatic rings. The average Bonchev–Trinajstić information content (AvgIpc) is 3.46. The van der Waals surface area contributed by atoms with Crippen LogP contribution in [-0.4, -0.2) is 71.0 Å². The molecular weight excluding hydrogens is 527 g/mol. The maximum Gasteiger partial charge on any atom is 0.345 e. The summed E-state index contributed by atoms with van der Waals surface area (Å²) in [6.45, 7) is -0.809. The van der Waals surface area contributed by atoms with Gasteiger partial charge in [-0.1, -0.05) is 11.6 Å². The van der Waals surface area contributed by atoms with Crippen LogP contribution in [0.25, 0.3) is 0 Å². The molecule has 1 spiro atoms. The van der Waals surface area contributed by atoms with Gasteiger partial charge in [0.1, 0.15) is 11.5 Å². The Balaban J connectivity index is 1.17.